The van der Waals surface area contributed by atoms with Crippen LogP contribution in [0.15, 0.2) is 54.6 Å². The Morgan fingerprint density at radius 1 is 0.783 bits per heavy atom. The zero-order valence-corrected chi connectivity index (χ0v) is 13.2. The van der Waals surface area contributed by atoms with Gasteiger partial charge in [-0.05, 0) is 48.9 Å². The van der Waals surface area contributed by atoms with Crippen molar-refractivity contribution >= 4 is 11.4 Å². The molecule has 0 bridgehead atoms. The largest absolute Gasteiger partial charge is 0.399 e. The number of hydrogen-bond acceptors (Lipinski definition) is 4. The number of nitrogens with zero attached hydrogens (tertiary/aromatic N) is 2. The van der Waals surface area contributed by atoms with E-state index in [-0.39, 0.29) is 0 Å². The summed E-state index contributed by atoms with van der Waals surface area (Å²) in [7, 11) is 0. The topological polar surface area (TPSA) is 77.8 Å². The van der Waals surface area contributed by atoms with Crippen molar-refractivity contribution in [3.63, 3.8) is 0 Å². The Bertz CT molecular complexity index is 729. The molecule has 23 heavy (non-hydrogen) atoms. The van der Waals surface area contributed by atoms with E-state index in [0.29, 0.717) is 0 Å². The van der Waals surface area contributed by atoms with Gasteiger partial charge in [-0.25, -0.2) is 9.97 Å². The third-order valence-corrected chi connectivity index (χ3v) is 3.66. The Kier molecular flexibility index (Phi) is 4.24. The molecular weight excluding hydrogens is 284 g/mol. The summed E-state index contributed by atoms with van der Waals surface area (Å²) in [6.07, 6.45) is 1.96. The Labute approximate surface area is 136 Å². The van der Waals surface area contributed by atoms with E-state index in [2.05, 4.69) is 18.0 Å². The van der Waals surface area contributed by atoms with E-state index in [1.54, 1.807) is 0 Å². The minimum atomic E-state index is 0.725. The standard InChI is InChI=1S/C19H20N4/c1-2-3-17-12-18(13-4-8-15(20)9-5-13)23-19(22-17)14-6-10-16(21)11-7-14/h4-12H,2-3,20-21H2,1H3. The van der Waals surface area contributed by atoms with Crippen LogP contribution in [-0.2, 0) is 6.42 Å². The maximum absolute atomic E-state index is 5.77. The van der Waals surface area contributed by atoms with E-state index in [1.807, 2.05) is 48.5 Å². The van der Waals surface area contributed by atoms with E-state index in [9.17, 15) is 0 Å². The summed E-state index contributed by atoms with van der Waals surface area (Å²) in [6.45, 7) is 2.15. The molecule has 4 heteroatoms. The number of nitrogens with two attached hydrogens (primary N) is 2. The summed E-state index contributed by atoms with van der Waals surface area (Å²) in [5, 5.41) is 0. The van der Waals surface area contributed by atoms with Crippen molar-refractivity contribution in [2.75, 3.05) is 11.5 Å². The van der Waals surface area contributed by atoms with Crippen molar-refractivity contribution in [3.8, 4) is 22.6 Å². The number of nitrogen functional groups attached to an aromatic ring is 2. The SMILES string of the molecule is CCCc1cc(-c2ccc(N)cc2)nc(-c2ccc(N)cc2)n1. The van der Waals surface area contributed by atoms with E-state index in [0.717, 1.165) is 52.6 Å². The molecule has 4 N–H and O–H groups in total. The zero-order valence-electron chi connectivity index (χ0n) is 13.2. The molecule has 0 radical (unpaired) electrons. The lowest BCUT2D eigenvalue weighted by Gasteiger charge is -2.09. The number of benzene rings is 2. The van der Waals surface area contributed by atoms with Gasteiger partial charge in [0, 0.05) is 28.2 Å². The number of anilines is 2. The van der Waals surface area contributed by atoms with Crippen LogP contribution in [0.5, 0.6) is 0 Å². The molecule has 0 saturated heterocycles. The molecule has 0 fully saturated rings. The number of aromatic nitrogens is 2. The van der Waals surface area contributed by atoms with Crippen LogP contribution in [0.2, 0.25) is 0 Å². The average Bonchev–Trinajstić information content (AvgIpc) is 2.56. The van der Waals surface area contributed by atoms with Gasteiger partial charge in [0.1, 0.15) is 0 Å². The van der Waals surface area contributed by atoms with Crippen LogP contribution < -0.4 is 11.5 Å². The van der Waals surface area contributed by atoms with Gasteiger partial charge < -0.3 is 11.5 Å². The second kappa shape index (κ2) is 6.48. The molecule has 0 aliphatic rings. The first-order chi connectivity index (χ1) is 11.2. The second-order valence-corrected chi connectivity index (χ2v) is 5.56. The van der Waals surface area contributed by atoms with Gasteiger partial charge in [0.15, 0.2) is 5.82 Å². The molecule has 0 aliphatic heterocycles. The molecule has 0 aliphatic carbocycles. The molecule has 4 nitrogen and oxygen atoms in total. The second-order valence-electron chi connectivity index (χ2n) is 5.56. The summed E-state index contributed by atoms with van der Waals surface area (Å²) in [4.78, 5) is 9.41. The average molecular weight is 304 g/mol. The highest BCUT2D eigenvalue weighted by Crippen LogP contribution is 2.24. The summed E-state index contributed by atoms with van der Waals surface area (Å²) >= 11 is 0. The smallest absolute Gasteiger partial charge is 0.160 e. The van der Waals surface area contributed by atoms with E-state index in [4.69, 9.17) is 16.5 Å². The fourth-order valence-electron chi connectivity index (χ4n) is 2.44. The number of hydrogen-bond donors (Lipinski definition) is 2. The Morgan fingerprint density at radius 2 is 1.35 bits per heavy atom. The molecule has 3 aromatic rings. The van der Waals surface area contributed by atoms with Gasteiger partial charge >= 0.3 is 0 Å². The van der Waals surface area contributed by atoms with Crippen LogP contribution in [0.1, 0.15) is 19.0 Å². The summed E-state index contributed by atoms with van der Waals surface area (Å²) in [5.41, 5.74) is 17.0. The maximum Gasteiger partial charge on any atom is 0.160 e. The van der Waals surface area contributed by atoms with Gasteiger partial charge in [-0.15, -0.1) is 0 Å². The molecule has 2 aromatic carbocycles. The van der Waals surface area contributed by atoms with Gasteiger partial charge in [-0.2, -0.15) is 0 Å². The van der Waals surface area contributed by atoms with Gasteiger partial charge in [-0.1, -0.05) is 25.5 Å². The molecule has 0 unspecified atom stereocenters. The van der Waals surface area contributed by atoms with Crippen LogP contribution in [0, 0.1) is 0 Å². The monoisotopic (exact) mass is 304 g/mol. The highest BCUT2D eigenvalue weighted by Gasteiger charge is 2.08. The molecule has 1 heterocycles. The normalized spacial score (nSPS) is 10.7. The Hall–Kier alpha value is -2.88. The molecule has 0 atom stereocenters. The molecule has 116 valence electrons. The van der Waals surface area contributed by atoms with Gasteiger partial charge in [0.25, 0.3) is 0 Å². The molecule has 0 saturated carbocycles. The highest BCUT2D eigenvalue weighted by atomic mass is 14.9. The van der Waals surface area contributed by atoms with Crippen LogP contribution >= 0.6 is 0 Å². The van der Waals surface area contributed by atoms with Crippen molar-refractivity contribution in [2.24, 2.45) is 0 Å². The minimum Gasteiger partial charge on any atom is -0.399 e. The van der Waals surface area contributed by atoms with E-state index < -0.39 is 0 Å². The lowest BCUT2D eigenvalue weighted by Crippen LogP contribution is -1.98. The highest BCUT2D eigenvalue weighted by molar-refractivity contribution is 5.66. The zero-order chi connectivity index (χ0) is 16.2. The van der Waals surface area contributed by atoms with Crippen LogP contribution in [0.25, 0.3) is 22.6 Å². The van der Waals surface area contributed by atoms with Gasteiger partial charge in [-0.3, -0.25) is 0 Å². The van der Waals surface area contributed by atoms with Crippen molar-refractivity contribution in [1.29, 1.82) is 0 Å². The fourth-order valence-corrected chi connectivity index (χ4v) is 2.44. The predicted octanol–water partition coefficient (Wildman–Crippen LogP) is 3.93. The van der Waals surface area contributed by atoms with Gasteiger partial charge in [0.2, 0.25) is 0 Å². The molecule has 0 amide bonds. The van der Waals surface area contributed by atoms with Crippen molar-refractivity contribution in [2.45, 2.75) is 19.8 Å². The maximum atomic E-state index is 5.77. The summed E-state index contributed by atoms with van der Waals surface area (Å²) < 4.78 is 0. The molecule has 3 rings (SSSR count). The number of rotatable bonds is 4. The molecule has 1 aromatic heterocycles. The lowest BCUT2D eigenvalue weighted by atomic mass is 10.1. The summed E-state index contributed by atoms with van der Waals surface area (Å²) in [5.74, 6) is 0.725. The molecule has 0 spiro atoms. The fraction of sp³-hybridized carbons (Fsp3) is 0.158. The van der Waals surface area contributed by atoms with Crippen LogP contribution in [-0.4, -0.2) is 9.97 Å². The van der Waals surface area contributed by atoms with Crippen molar-refractivity contribution in [3.05, 3.63) is 60.3 Å². The van der Waals surface area contributed by atoms with E-state index >= 15 is 0 Å². The Morgan fingerprint density at radius 3 is 1.91 bits per heavy atom. The van der Waals surface area contributed by atoms with Crippen LogP contribution in [0.3, 0.4) is 0 Å². The van der Waals surface area contributed by atoms with Gasteiger partial charge in [0.05, 0.1) is 5.69 Å². The minimum absolute atomic E-state index is 0.725. The van der Waals surface area contributed by atoms with Crippen molar-refractivity contribution in [1.82, 2.24) is 9.97 Å². The summed E-state index contributed by atoms with van der Waals surface area (Å²) in [6, 6.07) is 17.4. The lowest BCUT2D eigenvalue weighted by molar-refractivity contribution is 0.876. The first-order valence-electron chi connectivity index (χ1n) is 7.75. The third-order valence-electron chi connectivity index (χ3n) is 3.66. The first kappa shape index (κ1) is 15.0. The number of aryl methyl sites for hydroxylation is 1. The third kappa shape index (κ3) is 3.48. The predicted molar refractivity (Wildman–Crippen MR) is 95.7 cm³/mol. The first-order valence-corrected chi connectivity index (χ1v) is 7.75. The quantitative estimate of drug-likeness (QED) is 0.716. The Balaban J connectivity index is 2.09. The van der Waals surface area contributed by atoms with Crippen LogP contribution in [0.4, 0.5) is 11.4 Å². The van der Waals surface area contributed by atoms with Crippen molar-refractivity contribution < 1.29 is 0 Å². The molecular formula is C19H20N4. The van der Waals surface area contributed by atoms with E-state index in [1.165, 1.54) is 0 Å².